The maximum atomic E-state index is 5.50. The van der Waals surface area contributed by atoms with E-state index >= 15 is 0 Å². The number of fused-ring (bicyclic) bond motifs is 1. The number of hydrogen-bond acceptors (Lipinski definition) is 4. The second-order valence-corrected chi connectivity index (χ2v) is 7.18. The zero-order chi connectivity index (χ0) is 18.7. The number of rotatable bonds is 6. The van der Waals surface area contributed by atoms with Gasteiger partial charge in [-0.25, -0.2) is 0 Å². The van der Waals surface area contributed by atoms with Crippen molar-refractivity contribution in [2.75, 3.05) is 46.3 Å². The average molecular weight is 427 g/mol. The van der Waals surface area contributed by atoms with Crippen LogP contribution in [0.3, 0.4) is 0 Å². The maximum Gasteiger partial charge on any atom is 0.161 e. The Bertz CT molecular complexity index is 751. The van der Waals surface area contributed by atoms with Gasteiger partial charge < -0.3 is 14.4 Å². The molecule has 6 heteroatoms. The summed E-state index contributed by atoms with van der Waals surface area (Å²) in [5.41, 5.74) is 5.37. The van der Waals surface area contributed by atoms with Gasteiger partial charge >= 0.3 is 0 Å². The van der Waals surface area contributed by atoms with Gasteiger partial charge in [-0.05, 0) is 60.7 Å². The Labute approximate surface area is 181 Å². The molecule has 1 atom stereocenters. The molecule has 0 N–H and O–H groups in total. The van der Waals surface area contributed by atoms with E-state index in [1.165, 1.54) is 22.4 Å². The van der Waals surface area contributed by atoms with Gasteiger partial charge in [-0.15, -0.1) is 24.8 Å². The Balaban J connectivity index is 0.00000196. The fraction of sp³-hybridized carbons (Fsp3) is 0.455. The summed E-state index contributed by atoms with van der Waals surface area (Å²) in [6, 6.07) is 13.6. The second kappa shape index (κ2) is 10.8. The Morgan fingerprint density at radius 2 is 1.61 bits per heavy atom. The van der Waals surface area contributed by atoms with Gasteiger partial charge in [0.2, 0.25) is 0 Å². The fourth-order valence-corrected chi connectivity index (χ4v) is 3.74. The van der Waals surface area contributed by atoms with Crippen LogP contribution in [0.1, 0.15) is 29.7 Å². The molecule has 4 nitrogen and oxygen atoms in total. The number of benzene rings is 2. The van der Waals surface area contributed by atoms with Gasteiger partial charge in [0.15, 0.2) is 11.5 Å². The minimum absolute atomic E-state index is 0. The third kappa shape index (κ3) is 5.25. The molecule has 156 valence electrons. The summed E-state index contributed by atoms with van der Waals surface area (Å²) in [6.45, 7) is 4.44. The largest absolute Gasteiger partial charge is 0.493 e. The summed E-state index contributed by atoms with van der Waals surface area (Å²) in [6.07, 6.45) is 2.13. The molecule has 0 radical (unpaired) electrons. The molecule has 0 fully saturated rings. The molecule has 1 aliphatic rings. The molecule has 2 aromatic carbocycles. The van der Waals surface area contributed by atoms with Crippen molar-refractivity contribution in [3.8, 4) is 11.5 Å². The molecule has 2 aromatic rings. The maximum absolute atomic E-state index is 5.50. The van der Waals surface area contributed by atoms with Crippen molar-refractivity contribution >= 4 is 30.5 Å². The summed E-state index contributed by atoms with van der Waals surface area (Å²) in [4.78, 5) is 4.70. The predicted molar refractivity (Wildman–Crippen MR) is 122 cm³/mol. The smallest absolute Gasteiger partial charge is 0.161 e. The number of halogens is 2. The highest BCUT2D eigenvalue weighted by molar-refractivity contribution is 5.85. The molecule has 0 aromatic heterocycles. The minimum Gasteiger partial charge on any atom is -0.493 e. The SMILES string of the molecule is COc1cc2c(cc1OC)C(C)N(CCc1ccc(N(C)C)cc1)CC2.Cl.Cl. The molecule has 0 amide bonds. The van der Waals surface area contributed by atoms with Gasteiger partial charge in [0.1, 0.15) is 0 Å². The van der Waals surface area contributed by atoms with E-state index in [2.05, 4.69) is 67.2 Å². The first-order valence-corrected chi connectivity index (χ1v) is 9.28. The lowest BCUT2D eigenvalue weighted by Crippen LogP contribution is -2.35. The minimum atomic E-state index is 0. The van der Waals surface area contributed by atoms with Gasteiger partial charge in [0, 0.05) is 38.9 Å². The molecule has 0 saturated carbocycles. The van der Waals surface area contributed by atoms with Crippen molar-refractivity contribution in [2.24, 2.45) is 0 Å². The van der Waals surface area contributed by atoms with Crippen molar-refractivity contribution in [3.05, 3.63) is 53.1 Å². The van der Waals surface area contributed by atoms with Gasteiger partial charge in [-0.2, -0.15) is 0 Å². The van der Waals surface area contributed by atoms with E-state index in [0.717, 1.165) is 37.4 Å². The quantitative estimate of drug-likeness (QED) is 0.663. The lowest BCUT2D eigenvalue weighted by molar-refractivity contribution is 0.200. The topological polar surface area (TPSA) is 24.9 Å². The summed E-state index contributed by atoms with van der Waals surface area (Å²) in [7, 11) is 7.55. The van der Waals surface area contributed by atoms with Gasteiger partial charge in [-0.3, -0.25) is 4.90 Å². The van der Waals surface area contributed by atoms with Crippen LogP contribution in [0.15, 0.2) is 36.4 Å². The molecule has 0 bridgehead atoms. The predicted octanol–water partition coefficient (Wildman–Crippen LogP) is 4.78. The molecule has 0 aliphatic carbocycles. The van der Waals surface area contributed by atoms with E-state index in [-0.39, 0.29) is 24.8 Å². The number of anilines is 1. The summed E-state index contributed by atoms with van der Waals surface area (Å²) < 4.78 is 11.0. The van der Waals surface area contributed by atoms with Crippen molar-refractivity contribution in [1.82, 2.24) is 4.90 Å². The highest BCUT2D eigenvalue weighted by atomic mass is 35.5. The van der Waals surface area contributed by atoms with Crippen molar-refractivity contribution < 1.29 is 9.47 Å². The normalized spacial score (nSPS) is 15.7. The first-order valence-electron chi connectivity index (χ1n) is 9.28. The molecular formula is C22H32Cl2N2O2. The summed E-state index contributed by atoms with van der Waals surface area (Å²) in [5, 5.41) is 0. The van der Waals surface area contributed by atoms with Crippen LogP contribution >= 0.6 is 24.8 Å². The molecule has 1 aliphatic heterocycles. The Morgan fingerprint density at radius 1 is 1.00 bits per heavy atom. The van der Waals surface area contributed by atoms with Crippen LogP contribution in [0.4, 0.5) is 5.69 Å². The number of methoxy groups -OCH3 is 2. The Hall–Kier alpha value is -1.62. The molecule has 1 unspecified atom stereocenters. The zero-order valence-electron chi connectivity index (χ0n) is 17.4. The van der Waals surface area contributed by atoms with E-state index in [9.17, 15) is 0 Å². The average Bonchev–Trinajstić information content (AvgIpc) is 2.67. The fourth-order valence-electron chi connectivity index (χ4n) is 3.74. The van der Waals surface area contributed by atoms with Crippen LogP contribution in [-0.2, 0) is 12.8 Å². The van der Waals surface area contributed by atoms with Gasteiger partial charge in [0.05, 0.1) is 14.2 Å². The summed E-state index contributed by atoms with van der Waals surface area (Å²) in [5.74, 6) is 1.65. The third-order valence-electron chi connectivity index (χ3n) is 5.45. The van der Waals surface area contributed by atoms with Crippen LogP contribution in [-0.4, -0.2) is 46.3 Å². The monoisotopic (exact) mass is 426 g/mol. The molecule has 3 rings (SSSR count). The van der Waals surface area contributed by atoms with E-state index in [1.54, 1.807) is 14.2 Å². The lowest BCUT2D eigenvalue weighted by Gasteiger charge is -2.35. The first kappa shape index (κ1) is 24.4. The van der Waals surface area contributed by atoms with Crippen molar-refractivity contribution in [2.45, 2.75) is 25.8 Å². The molecule has 1 heterocycles. The highest BCUT2D eigenvalue weighted by Gasteiger charge is 2.25. The Kier molecular flexibility index (Phi) is 9.42. The van der Waals surface area contributed by atoms with Crippen molar-refractivity contribution in [3.63, 3.8) is 0 Å². The molecule has 0 spiro atoms. The second-order valence-electron chi connectivity index (χ2n) is 7.18. The van der Waals surface area contributed by atoms with E-state index in [4.69, 9.17) is 9.47 Å². The van der Waals surface area contributed by atoms with Crippen LogP contribution in [0.5, 0.6) is 11.5 Å². The number of nitrogens with zero attached hydrogens (tertiary/aromatic N) is 2. The van der Waals surface area contributed by atoms with Crippen LogP contribution in [0.25, 0.3) is 0 Å². The molecule has 28 heavy (non-hydrogen) atoms. The molecular weight excluding hydrogens is 395 g/mol. The van der Waals surface area contributed by atoms with Gasteiger partial charge in [-0.1, -0.05) is 12.1 Å². The molecule has 0 saturated heterocycles. The first-order chi connectivity index (χ1) is 12.5. The zero-order valence-corrected chi connectivity index (χ0v) is 19.0. The van der Waals surface area contributed by atoms with E-state index in [1.807, 2.05) is 0 Å². The van der Waals surface area contributed by atoms with Crippen LogP contribution in [0, 0.1) is 0 Å². The Morgan fingerprint density at radius 3 is 2.18 bits per heavy atom. The third-order valence-corrected chi connectivity index (χ3v) is 5.45. The van der Waals surface area contributed by atoms with E-state index < -0.39 is 0 Å². The van der Waals surface area contributed by atoms with Gasteiger partial charge in [0.25, 0.3) is 0 Å². The standard InChI is InChI=1S/C22H30N2O2.2ClH/c1-16-20-15-22(26-5)21(25-4)14-18(20)11-13-24(16)12-10-17-6-8-19(9-7-17)23(2)3;;/h6-9,14-16H,10-13H2,1-5H3;2*1H. The summed E-state index contributed by atoms with van der Waals surface area (Å²) >= 11 is 0. The lowest BCUT2D eigenvalue weighted by atomic mass is 9.92. The van der Waals surface area contributed by atoms with Crippen molar-refractivity contribution in [1.29, 1.82) is 0 Å². The van der Waals surface area contributed by atoms with Crippen LogP contribution < -0.4 is 14.4 Å². The van der Waals surface area contributed by atoms with Crippen LogP contribution in [0.2, 0.25) is 0 Å². The highest BCUT2D eigenvalue weighted by Crippen LogP contribution is 2.37. The van der Waals surface area contributed by atoms with E-state index in [0.29, 0.717) is 6.04 Å². The number of ether oxygens (including phenoxy) is 2. The number of hydrogen-bond donors (Lipinski definition) is 0.